The first kappa shape index (κ1) is 12.5. The zero-order valence-electron chi connectivity index (χ0n) is 10.8. The van der Waals surface area contributed by atoms with E-state index >= 15 is 0 Å². The fourth-order valence-corrected chi connectivity index (χ4v) is 2.12. The van der Waals surface area contributed by atoms with Gasteiger partial charge in [0.2, 0.25) is 5.89 Å². The minimum atomic E-state index is 0.0515. The van der Waals surface area contributed by atoms with Gasteiger partial charge in [-0.05, 0) is 33.6 Å². The summed E-state index contributed by atoms with van der Waals surface area (Å²) in [5.41, 5.74) is 0.0515. The Morgan fingerprint density at radius 1 is 1.47 bits per heavy atom. The lowest BCUT2D eigenvalue weighted by Gasteiger charge is -2.19. The molecule has 1 aliphatic rings. The van der Waals surface area contributed by atoms with Crippen molar-refractivity contribution >= 4 is 0 Å². The molecule has 1 aromatic rings. The summed E-state index contributed by atoms with van der Waals surface area (Å²) in [6.45, 7) is 7.87. The second-order valence-electron chi connectivity index (χ2n) is 5.23. The quantitative estimate of drug-likeness (QED) is 0.788. The minimum absolute atomic E-state index is 0.0515. The van der Waals surface area contributed by atoms with E-state index in [0.717, 1.165) is 32.4 Å². The Balaban J connectivity index is 1.61. The third-order valence-corrected chi connectivity index (χ3v) is 3.01. The van der Waals surface area contributed by atoms with E-state index in [1.807, 2.05) is 6.92 Å². The van der Waals surface area contributed by atoms with Crippen LogP contribution in [-0.4, -0.2) is 34.9 Å². The number of nitrogens with one attached hydrogen (secondary N) is 1. The third-order valence-electron chi connectivity index (χ3n) is 3.01. The molecule has 0 radical (unpaired) electrons. The topological polar surface area (TPSA) is 60.2 Å². The maximum absolute atomic E-state index is 5.89. The molecule has 1 saturated heterocycles. The van der Waals surface area contributed by atoms with Gasteiger partial charge in [-0.3, -0.25) is 0 Å². The molecular formula is C12H21N3O2. The monoisotopic (exact) mass is 239 g/mol. The molecule has 1 aromatic heterocycles. The molecular weight excluding hydrogens is 218 g/mol. The lowest BCUT2D eigenvalue weighted by atomic mass is 10.1. The second kappa shape index (κ2) is 5.14. The van der Waals surface area contributed by atoms with Crippen LogP contribution in [0.1, 0.15) is 38.4 Å². The van der Waals surface area contributed by atoms with Crippen LogP contribution in [0.2, 0.25) is 0 Å². The number of ether oxygens (including phenoxy) is 1. The van der Waals surface area contributed by atoms with Crippen molar-refractivity contribution in [1.82, 2.24) is 15.5 Å². The average Bonchev–Trinajstić information content (AvgIpc) is 2.80. The molecule has 96 valence electrons. The molecule has 0 aromatic carbocycles. The van der Waals surface area contributed by atoms with Gasteiger partial charge >= 0.3 is 0 Å². The number of aromatic nitrogens is 2. The van der Waals surface area contributed by atoms with Crippen molar-refractivity contribution < 1.29 is 9.26 Å². The van der Waals surface area contributed by atoms with E-state index in [0.29, 0.717) is 17.8 Å². The van der Waals surface area contributed by atoms with Crippen LogP contribution >= 0.6 is 0 Å². The van der Waals surface area contributed by atoms with Crippen LogP contribution in [0.3, 0.4) is 0 Å². The van der Waals surface area contributed by atoms with Gasteiger partial charge in [0.25, 0.3) is 0 Å². The van der Waals surface area contributed by atoms with Gasteiger partial charge in [-0.2, -0.15) is 4.98 Å². The maximum atomic E-state index is 5.89. The van der Waals surface area contributed by atoms with E-state index in [9.17, 15) is 0 Å². The highest BCUT2D eigenvalue weighted by molar-refractivity contribution is 4.84. The van der Waals surface area contributed by atoms with Gasteiger partial charge in [-0.25, -0.2) is 0 Å². The molecule has 5 heteroatoms. The molecule has 0 bridgehead atoms. The van der Waals surface area contributed by atoms with Crippen LogP contribution in [0.5, 0.6) is 0 Å². The van der Waals surface area contributed by atoms with E-state index in [1.54, 1.807) is 0 Å². The van der Waals surface area contributed by atoms with Gasteiger partial charge in [0.15, 0.2) is 5.82 Å². The van der Waals surface area contributed by atoms with E-state index < -0.39 is 0 Å². The predicted molar refractivity (Wildman–Crippen MR) is 63.8 cm³/mol. The highest BCUT2D eigenvalue weighted by Gasteiger charge is 2.30. The normalized spacial score (nSPS) is 23.1. The molecule has 0 saturated carbocycles. The SMILES string of the molecule is Cc1noc(CCNCC2CCC(C)(C)O2)n1. The van der Waals surface area contributed by atoms with Gasteiger partial charge in [0.05, 0.1) is 11.7 Å². The maximum Gasteiger partial charge on any atom is 0.227 e. The molecule has 0 amide bonds. The molecule has 0 aliphatic carbocycles. The summed E-state index contributed by atoms with van der Waals surface area (Å²) >= 11 is 0. The zero-order valence-corrected chi connectivity index (χ0v) is 10.8. The highest BCUT2D eigenvalue weighted by Crippen LogP contribution is 2.28. The summed E-state index contributed by atoms with van der Waals surface area (Å²) in [5, 5.41) is 7.12. The molecule has 5 nitrogen and oxygen atoms in total. The lowest BCUT2D eigenvalue weighted by Crippen LogP contribution is -2.30. The van der Waals surface area contributed by atoms with Crippen molar-refractivity contribution in [1.29, 1.82) is 0 Å². The van der Waals surface area contributed by atoms with Crippen LogP contribution in [-0.2, 0) is 11.2 Å². The molecule has 1 N–H and O–H groups in total. The smallest absolute Gasteiger partial charge is 0.227 e. The number of hydrogen-bond donors (Lipinski definition) is 1. The fraction of sp³-hybridized carbons (Fsp3) is 0.833. The molecule has 1 fully saturated rings. The summed E-state index contributed by atoms with van der Waals surface area (Å²) in [5.74, 6) is 1.39. The number of hydrogen-bond acceptors (Lipinski definition) is 5. The zero-order chi connectivity index (χ0) is 12.3. The largest absolute Gasteiger partial charge is 0.371 e. The van der Waals surface area contributed by atoms with Crippen LogP contribution < -0.4 is 5.32 Å². The van der Waals surface area contributed by atoms with Crippen molar-refractivity contribution in [3.05, 3.63) is 11.7 Å². The van der Waals surface area contributed by atoms with Crippen LogP contribution in [0.15, 0.2) is 4.52 Å². The van der Waals surface area contributed by atoms with Gasteiger partial charge in [-0.1, -0.05) is 5.16 Å². The summed E-state index contributed by atoms with van der Waals surface area (Å²) in [4.78, 5) is 4.15. The van der Waals surface area contributed by atoms with Crippen molar-refractivity contribution in [2.24, 2.45) is 0 Å². The van der Waals surface area contributed by atoms with Crippen LogP contribution in [0, 0.1) is 6.92 Å². The number of nitrogens with zero attached hydrogens (tertiary/aromatic N) is 2. The minimum Gasteiger partial charge on any atom is -0.371 e. The van der Waals surface area contributed by atoms with E-state index in [-0.39, 0.29) is 5.60 Å². The Hall–Kier alpha value is -0.940. The highest BCUT2D eigenvalue weighted by atomic mass is 16.5. The molecule has 17 heavy (non-hydrogen) atoms. The summed E-state index contributed by atoms with van der Waals surface area (Å²) < 4.78 is 10.9. The molecule has 1 atom stereocenters. The summed E-state index contributed by atoms with van der Waals surface area (Å²) in [6.07, 6.45) is 3.40. The van der Waals surface area contributed by atoms with Crippen molar-refractivity contribution in [2.75, 3.05) is 13.1 Å². The lowest BCUT2D eigenvalue weighted by molar-refractivity contribution is -0.0141. The Labute approximate surface area is 102 Å². The Morgan fingerprint density at radius 2 is 2.29 bits per heavy atom. The van der Waals surface area contributed by atoms with Gasteiger partial charge in [-0.15, -0.1) is 0 Å². The standard InChI is InChI=1S/C12H21N3O2/c1-9-14-11(17-15-9)5-7-13-8-10-4-6-12(2,3)16-10/h10,13H,4-8H2,1-3H3. The van der Waals surface area contributed by atoms with E-state index in [1.165, 1.54) is 0 Å². The van der Waals surface area contributed by atoms with Gasteiger partial charge < -0.3 is 14.6 Å². The van der Waals surface area contributed by atoms with Gasteiger partial charge in [0, 0.05) is 19.5 Å². The molecule has 0 spiro atoms. The van der Waals surface area contributed by atoms with Crippen molar-refractivity contribution in [3.8, 4) is 0 Å². The molecule has 1 unspecified atom stereocenters. The predicted octanol–water partition coefficient (Wildman–Crippen LogP) is 1.47. The molecule has 2 rings (SSSR count). The van der Waals surface area contributed by atoms with Crippen molar-refractivity contribution in [2.45, 2.75) is 51.7 Å². The molecule has 1 aliphatic heterocycles. The van der Waals surface area contributed by atoms with Crippen molar-refractivity contribution in [3.63, 3.8) is 0 Å². The molecule has 2 heterocycles. The summed E-state index contributed by atoms with van der Waals surface area (Å²) in [6, 6.07) is 0. The van der Waals surface area contributed by atoms with Crippen LogP contribution in [0.25, 0.3) is 0 Å². The Bertz CT molecular complexity index is 362. The fourth-order valence-electron chi connectivity index (χ4n) is 2.12. The number of aryl methyl sites for hydroxylation is 1. The first-order valence-corrected chi connectivity index (χ1v) is 6.23. The first-order chi connectivity index (χ1) is 8.05. The Morgan fingerprint density at radius 3 is 2.88 bits per heavy atom. The Kier molecular flexibility index (Phi) is 3.79. The van der Waals surface area contributed by atoms with Gasteiger partial charge in [0.1, 0.15) is 0 Å². The van der Waals surface area contributed by atoms with Crippen LogP contribution in [0.4, 0.5) is 0 Å². The number of rotatable bonds is 5. The third kappa shape index (κ3) is 3.78. The first-order valence-electron chi connectivity index (χ1n) is 6.23. The second-order valence-corrected chi connectivity index (χ2v) is 5.23. The average molecular weight is 239 g/mol. The van der Waals surface area contributed by atoms with E-state index in [2.05, 4.69) is 29.3 Å². The summed E-state index contributed by atoms with van der Waals surface area (Å²) in [7, 11) is 0. The van der Waals surface area contributed by atoms with E-state index in [4.69, 9.17) is 9.26 Å².